The van der Waals surface area contributed by atoms with E-state index in [2.05, 4.69) is 0 Å². The van der Waals surface area contributed by atoms with Gasteiger partial charge in [-0.2, -0.15) is 0 Å². The SMILES string of the molecule is [2H]C1=C([2H])C([2H])=C2C(=C(O)C3=C(O)[C@]4(O)C(O)=C(C(N)=O)C(=O)C([2H])(C)C4CC3([2H])[C@]2(C)O)C1=O. The highest BCUT2D eigenvalue weighted by molar-refractivity contribution is 6.21. The highest BCUT2D eigenvalue weighted by Crippen LogP contribution is 2.58. The summed E-state index contributed by atoms with van der Waals surface area (Å²) in [6, 6.07) is -2.75. The van der Waals surface area contributed by atoms with Crippen LogP contribution < -0.4 is 5.73 Å². The van der Waals surface area contributed by atoms with Crippen LogP contribution in [0, 0.1) is 17.7 Å². The third-order valence-corrected chi connectivity index (χ3v) is 6.15. The summed E-state index contributed by atoms with van der Waals surface area (Å²) in [5.74, 6) is -15.2. The van der Waals surface area contributed by atoms with Crippen LogP contribution in [0.5, 0.6) is 0 Å². The van der Waals surface area contributed by atoms with Crippen LogP contribution in [0.1, 0.15) is 27.1 Å². The molecule has 4 aliphatic rings. The van der Waals surface area contributed by atoms with Crippen molar-refractivity contribution >= 4 is 17.5 Å². The van der Waals surface area contributed by atoms with Crippen LogP contribution in [0.25, 0.3) is 0 Å². The second-order valence-electron chi connectivity index (χ2n) is 7.70. The number of carbonyl (C=O) groups excluding carboxylic acids is 3. The Bertz CT molecular complexity index is 1340. The van der Waals surface area contributed by atoms with Crippen molar-refractivity contribution in [3.05, 3.63) is 57.7 Å². The first-order valence-corrected chi connectivity index (χ1v) is 8.86. The van der Waals surface area contributed by atoms with E-state index >= 15 is 0 Å². The van der Waals surface area contributed by atoms with Crippen LogP contribution in [0.2, 0.25) is 0 Å². The summed E-state index contributed by atoms with van der Waals surface area (Å²) in [5.41, 5.74) is -4.33. The number of hydrogen-bond donors (Lipinski definition) is 6. The van der Waals surface area contributed by atoms with E-state index in [1.165, 1.54) is 0 Å². The highest BCUT2D eigenvalue weighted by atomic mass is 16.4. The Morgan fingerprint density at radius 3 is 2.50 bits per heavy atom. The molecule has 9 heteroatoms. The van der Waals surface area contributed by atoms with E-state index < -0.39 is 111 Å². The molecule has 158 valence electrons. The number of hydrogen-bond acceptors (Lipinski definition) is 8. The molecule has 4 rings (SSSR count). The lowest BCUT2D eigenvalue weighted by atomic mass is 9.55. The largest absolute Gasteiger partial charge is 0.508 e. The number of aliphatic hydroxyl groups is 5. The van der Waals surface area contributed by atoms with Gasteiger partial charge in [-0.3, -0.25) is 14.4 Å². The molecule has 0 saturated heterocycles. The molecule has 0 aromatic carbocycles. The molecule has 5 atom stereocenters. The molecule has 4 aliphatic carbocycles. The number of Topliss-reactive ketones (excluding diaryl/α,β-unsaturated/α-hetero) is 1. The van der Waals surface area contributed by atoms with Gasteiger partial charge in [0.2, 0.25) is 0 Å². The summed E-state index contributed by atoms with van der Waals surface area (Å²) in [6.45, 7) is 1.89. The van der Waals surface area contributed by atoms with E-state index in [0.717, 1.165) is 13.8 Å². The molecule has 3 unspecified atom stereocenters. The van der Waals surface area contributed by atoms with Gasteiger partial charge in [0.05, 0.1) is 15.3 Å². The van der Waals surface area contributed by atoms with Gasteiger partial charge in [-0.1, -0.05) is 19.0 Å². The van der Waals surface area contributed by atoms with Gasteiger partial charge in [-0.25, -0.2) is 0 Å². The topological polar surface area (TPSA) is 178 Å². The molecular formula is C21H21NO8. The van der Waals surface area contributed by atoms with Crippen molar-refractivity contribution in [2.75, 3.05) is 0 Å². The predicted octanol–water partition coefficient (Wildman–Crippen LogP) is 0.324. The molecule has 30 heavy (non-hydrogen) atoms. The zero-order chi connectivity index (χ0) is 26.8. The summed E-state index contributed by atoms with van der Waals surface area (Å²) in [6.07, 6.45) is -0.912. The summed E-state index contributed by atoms with van der Waals surface area (Å²) in [5, 5.41) is 55.9. The van der Waals surface area contributed by atoms with Crippen molar-refractivity contribution in [2.45, 2.75) is 31.5 Å². The van der Waals surface area contributed by atoms with Crippen molar-refractivity contribution in [2.24, 2.45) is 23.4 Å². The fourth-order valence-corrected chi connectivity index (χ4v) is 4.53. The number of allylic oxidation sites excluding steroid dienone is 4. The van der Waals surface area contributed by atoms with Gasteiger partial charge < -0.3 is 31.3 Å². The Morgan fingerprint density at radius 2 is 1.90 bits per heavy atom. The number of carbonyl (C=O) groups is 3. The van der Waals surface area contributed by atoms with Crippen molar-refractivity contribution in [1.29, 1.82) is 0 Å². The van der Waals surface area contributed by atoms with Gasteiger partial charge in [0.15, 0.2) is 17.2 Å². The summed E-state index contributed by atoms with van der Waals surface area (Å²) in [7, 11) is 0. The fraction of sp³-hybridized carbons (Fsp3) is 0.381. The van der Waals surface area contributed by atoms with Crippen LogP contribution in [0.3, 0.4) is 0 Å². The molecule has 0 saturated carbocycles. The zero-order valence-electron chi connectivity index (χ0n) is 20.8. The first-order chi connectivity index (χ1) is 15.8. The number of aliphatic hydroxyl groups excluding tert-OH is 3. The second kappa shape index (κ2) is 5.93. The van der Waals surface area contributed by atoms with Crippen molar-refractivity contribution < 1.29 is 46.8 Å². The second-order valence-corrected chi connectivity index (χ2v) is 7.70. The average molecular weight is 420 g/mol. The number of primary amides is 1. The quantitative estimate of drug-likeness (QED) is 0.328. The minimum Gasteiger partial charge on any atom is -0.508 e. The first kappa shape index (κ1) is 14.8. The van der Waals surface area contributed by atoms with Crippen LogP contribution in [-0.2, 0) is 14.4 Å². The van der Waals surface area contributed by atoms with Gasteiger partial charge in [0, 0.05) is 26.0 Å². The molecule has 0 bridgehead atoms. The van der Waals surface area contributed by atoms with Gasteiger partial charge >= 0.3 is 0 Å². The molecule has 0 spiro atoms. The Balaban J connectivity index is 2.21. The van der Waals surface area contributed by atoms with Crippen LogP contribution >= 0.6 is 0 Å². The van der Waals surface area contributed by atoms with Gasteiger partial charge in [0.25, 0.3) is 5.91 Å². The average Bonchev–Trinajstić information content (AvgIpc) is 2.74. The first-order valence-electron chi connectivity index (χ1n) is 11.4. The molecule has 9 nitrogen and oxygen atoms in total. The van der Waals surface area contributed by atoms with Gasteiger partial charge in [-0.05, 0) is 25.0 Å². The molecule has 0 fully saturated rings. The maximum absolute atomic E-state index is 12.9. The fourth-order valence-electron chi connectivity index (χ4n) is 4.53. The molecule has 0 aromatic rings. The van der Waals surface area contributed by atoms with Gasteiger partial charge in [-0.15, -0.1) is 0 Å². The third-order valence-electron chi connectivity index (χ3n) is 6.15. The predicted molar refractivity (Wildman–Crippen MR) is 102 cm³/mol. The number of rotatable bonds is 1. The molecule has 0 heterocycles. The lowest BCUT2D eigenvalue weighted by Gasteiger charge is -2.52. The maximum Gasteiger partial charge on any atom is 0.255 e. The van der Waals surface area contributed by atoms with Crippen LogP contribution in [-0.4, -0.2) is 54.2 Å². The summed E-state index contributed by atoms with van der Waals surface area (Å²) < 4.78 is 41.5. The zero-order valence-corrected chi connectivity index (χ0v) is 15.8. The molecule has 7 N–H and O–H groups in total. The van der Waals surface area contributed by atoms with Gasteiger partial charge in [0.1, 0.15) is 22.9 Å². The molecule has 1 amide bonds. The van der Waals surface area contributed by atoms with E-state index in [1.54, 1.807) is 0 Å². The Hall–Kier alpha value is -3.17. The standard InChI is InChI=1S/C21H21NO8/c1-7-9-6-10-13(16(25)12-8(20(10,2)29)4-3-5-11(12)23)17(26)21(9,30)18(27)14(15(7)24)19(22)28/h3-5,7,9-10,25-27,29-30H,6H2,1-2H3,(H2,22,28)/t7?,9?,10?,20-,21+/m1/s1/i3D,4D,5D,7D,10D. The Kier molecular flexibility index (Phi) is 2.92. The summed E-state index contributed by atoms with van der Waals surface area (Å²) >= 11 is 0. The normalized spacial score (nSPS) is 46.5. The maximum atomic E-state index is 12.9. The molecule has 0 aromatic heterocycles. The minimum atomic E-state index is -3.11. The van der Waals surface area contributed by atoms with E-state index in [9.17, 15) is 39.9 Å². The highest BCUT2D eigenvalue weighted by Gasteiger charge is 2.63. The molecule has 0 radical (unpaired) electrons. The Labute approximate surface area is 177 Å². The van der Waals surface area contributed by atoms with Crippen molar-refractivity contribution in [1.82, 2.24) is 0 Å². The van der Waals surface area contributed by atoms with Crippen molar-refractivity contribution in [3.63, 3.8) is 0 Å². The summed E-state index contributed by atoms with van der Waals surface area (Å²) in [4.78, 5) is 37.5. The lowest BCUT2D eigenvalue weighted by molar-refractivity contribution is -0.136. The van der Waals surface area contributed by atoms with E-state index in [0.29, 0.717) is 0 Å². The van der Waals surface area contributed by atoms with Crippen LogP contribution in [0.4, 0.5) is 0 Å². The van der Waals surface area contributed by atoms with Crippen molar-refractivity contribution in [3.8, 4) is 0 Å². The molecular weight excluding hydrogens is 394 g/mol. The number of amides is 1. The number of ketones is 2. The Morgan fingerprint density at radius 1 is 1.27 bits per heavy atom. The number of fused-ring (bicyclic) bond motifs is 3. The smallest absolute Gasteiger partial charge is 0.255 e. The molecule has 0 aliphatic heterocycles. The monoisotopic (exact) mass is 420 g/mol. The minimum absolute atomic E-state index is 0.690. The van der Waals surface area contributed by atoms with E-state index in [4.69, 9.17) is 12.6 Å². The lowest BCUT2D eigenvalue weighted by Crippen LogP contribution is -2.59. The van der Waals surface area contributed by atoms with Crippen LogP contribution in [0.15, 0.2) is 57.7 Å². The third kappa shape index (κ3) is 2.16. The number of nitrogens with two attached hydrogens (primary N) is 1. The van der Waals surface area contributed by atoms with E-state index in [-0.39, 0.29) is 0 Å². The van der Waals surface area contributed by atoms with E-state index in [1.807, 2.05) is 0 Å².